The van der Waals surface area contributed by atoms with Gasteiger partial charge in [-0.15, -0.1) is 6.42 Å². The van der Waals surface area contributed by atoms with Crippen LogP contribution < -0.4 is 0 Å². The van der Waals surface area contributed by atoms with E-state index in [2.05, 4.69) is 12.0 Å². The fourth-order valence-corrected chi connectivity index (χ4v) is 2.18. The molecule has 2 aromatic rings. The number of hydrogen-bond donors (Lipinski definition) is 1. The first-order valence-electron chi connectivity index (χ1n) is 6.74. The Balaban J connectivity index is 0.000000956. The van der Waals surface area contributed by atoms with Crippen LogP contribution in [0.15, 0.2) is 24.3 Å². The maximum absolute atomic E-state index is 9.73. The van der Waals surface area contributed by atoms with Gasteiger partial charge in [-0.1, -0.05) is 39.7 Å². The average molecular weight is 265 g/mol. The van der Waals surface area contributed by atoms with Gasteiger partial charge in [0.15, 0.2) is 0 Å². The highest BCUT2D eigenvalue weighted by atomic mass is 16.3. The molecule has 2 heteroatoms. The average Bonchev–Trinajstić information content (AvgIpc) is 2.46. The summed E-state index contributed by atoms with van der Waals surface area (Å²) in [5, 5.41) is 20.6. The van der Waals surface area contributed by atoms with Crippen LogP contribution >= 0.6 is 0 Å². The molecule has 0 heterocycles. The number of nitrogens with zero attached hydrogens (tertiary/aromatic N) is 1. The molecule has 20 heavy (non-hydrogen) atoms. The van der Waals surface area contributed by atoms with Crippen LogP contribution in [0, 0.1) is 23.7 Å². The number of fused-ring (bicyclic) bond motifs is 1. The largest absolute Gasteiger partial charge is 0.508 e. The van der Waals surface area contributed by atoms with Crippen molar-refractivity contribution in [2.45, 2.75) is 33.6 Å². The number of phenols is 1. The van der Waals surface area contributed by atoms with Gasteiger partial charge in [-0.05, 0) is 35.1 Å². The molecular formula is C18H19NO. The van der Waals surface area contributed by atoms with Gasteiger partial charge in [0.05, 0.1) is 11.1 Å². The Hall–Kier alpha value is -2.45. The van der Waals surface area contributed by atoms with Crippen molar-refractivity contribution in [3.8, 4) is 24.2 Å². The Labute approximate surface area is 120 Å². The SMILES string of the molecule is C#Cc1c(C#N)ccc2cc(O)cc(C(C)C)c12.CC. The third-order valence-electron chi connectivity index (χ3n) is 3.02. The van der Waals surface area contributed by atoms with E-state index in [0.717, 1.165) is 16.3 Å². The van der Waals surface area contributed by atoms with E-state index < -0.39 is 0 Å². The number of nitriles is 1. The van der Waals surface area contributed by atoms with E-state index in [0.29, 0.717) is 11.1 Å². The summed E-state index contributed by atoms with van der Waals surface area (Å²) in [5.41, 5.74) is 2.08. The van der Waals surface area contributed by atoms with Crippen LogP contribution in [-0.2, 0) is 0 Å². The van der Waals surface area contributed by atoms with Gasteiger partial charge in [-0.3, -0.25) is 0 Å². The van der Waals surface area contributed by atoms with Crippen molar-refractivity contribution in [2.24, 2.45) is 0 Å². The van der Waals surface area contributed by atoms with Crippen molar-refractivity contribution in [1.29, 1.82) is 5.26 Å². The summed E-state index contributed by atoms with van der Waals surface area (Å²) in [6.45, 7) is 8.07. The zero-order chi connectivity index (χ0) is 15.3. The number of terminal acetylenes is 1. The first-order chi connectivity index (χ1) is 9.58. The van der Waals surface area contributed by atoms with Crippen molar-refractivity contribution in [3.05, 3.63) is 41.0 Å². The van der Waals surface area contributed by atoms with E-state index in [1.165, 1.54) is 0 Å². The highest BCUT2D eigenvalue weighted by Gasteiger charge is 2.13. The highest BCUT2D eigenvalue weighted by molar-refractivity contribution is 5.94. The third-order valence-corrected chi connectivity index (χ3v) is 3.02. The molecular weight excluding hydrogens is 246 g/mol. The van der Waals surface area contributed by atoms with Gasteiger partial charge in [0.1, 0.15) is 11.8 Å². The molecule has 102 valence electrons. The Bertz CT molecular complexity index is 700. The van der Waals surface area contributed by atoms with Gasteiger partial charge >= 0.3 is 0 Å². The molecule has 0 bridgehead atoms. The van der Waals surface area contributed by atoms with Crippen LogP contribution in [0.25, 0.3) is 10.8 Å². The standard InChI is InChI=1S/C16H13NO.C2H6/c1-4-14-12(9-17)6-5-11-7-13(18)8-15(10(2)3)16(11)14;1-2/h1,5-8,10,18H,2-3H3;1-2H3. The van der Waals surface area contributed by atoms with Crippen molar-refractivity contribution < 1.29 is 5.11 Å². The summed E-state index contributed by atoms with van der Waals surface area (Å²) >= 11 is 0. The molecule has 0 aromatic heterocycles. The molecule has 0 amide bonds. The van der Waals surface area contributed by atoms with Crippen molar-refractivity contribution in [1.82, 2.24) is 0 Å². The number of benzene rings is 2. The molecule has 2 rings (SSSR count). The Morgan fingerprint density at radius 3 is 2.35 bits per heavy atom. The molecule has 0 spiro atoms. The second-order valence-corrected chi connectivity index (χ2v) is 4.53. The maximum atomic E-state index is 9.73. The van der Waals surface area contributed by atoms with Gasteiger partial charge in [0, 0.05) is 5.39 Å². The summed E-state index contributed by atoms with van der Waals surface area (Å²) in [6, 6.07) is 9.02. The van der Waals surface area contributed by atoms with Crippen LogP contribution in [0.5, 0.6) is 5.75 Å². The minimum atomic E-state index is 0.221. The van der Waals surface area contributed by atoms with Crippen LogP contribution in [-0.4, -0.2) is 5.11 Å². The fourth-order valence-electron chi connectivity index (χ4n) is 2.18. The predicted molar refractivity (Wildman–Crippen MR) is 83.7 cm³/mol. The first-order valence-corrected chi connectivity index (χ1v) is 6.74. The monoisotopic (exact) mass is 265 g/mol. The number of rotatable bonds is 1. The Morgan fingerprint density at radius 2 is 1.85 bits per heavy atom. The molecule has 2 nitrogen and oxygen atoms in total. The minimum Gasteiger partial charge on any atom is -0.508 e. The Morgan fingerprint density at radius 1 is 1.20 bits per heavy atom. The van der Waals surface area contributed by atoms with E-state index in [1.54, 1.807) is 18.2 Å². The molecule has 0 saturated carbocycles. The van der Waals surface area contributed by atoms with Crippen LogP contribution in [0.3, 0.4) is 0 Å². The lowest BCUT2D eigenvalue weighted by Crippen LogP contribution is -1.95. The third kappa shape index (κ3) is 2.76. The zero-order valence-corrected chi connectivity index (χ0v) is 12.4. The van der Waals surface area contributed by atoms with E-state index in [-0.39, 0.29) is 11.7 Å². The fraction of sp³-hybridized carbons (Fsp3) is 0.278. The molecule has 0 fully saturated rings. The smallest absolute Gasteiger partial charge is 0.116 e. The number of hydrogen-bond acceptors (Lipinski definition) is 2. The van der Waals surface area contributed by atoms with Crippen LogP contribution in [0.1, 0.15) is 50.3 Å². The predicted octanol–water partition coefficient (Wildman–Crippen LogP) is 4.55. The summed E-state index contributed by atoms with van der Waals surface area (Å²) in [4.78, 5) is 0. The molecule has 0 aliphatic heterocycles. The lowest BCUT2D eigenvalue weighted by Gasteiger charge is -2.13. The summed E-state index contributed by atoms with van der Waals surface area (Å²) in [5.74, 6) is 3.04. The second kappa shape index (κ2) is 6.64. The molecule has 0 aliphatic rings. The second-order valence-electron chi connectivity index (χ2n) is 4.53. The van der Waals surface area contributed by atoms with Crippen molar-refractivity contribution >= 4 is 10.8 Å². The summed E-state index contributed by atoms with van der Waals surface area (Å²) in [7, 11) is 0. The van der Waals surface area contributed by atoms with Gasteiger partial charge < -0.3 is 5.11 Å². The molecule has 0 unspecified atom stereocenters. The van der Waals surface area contributed by atoms with Crippen LogP contribution in [0.2, 0.25) is 0 Å². The van der Waals surface area contributed by atoms with Gasteiger partial charge in [-0.2, -0.15) is 5.26 Å². The molecule has 0 radical (unpaired) electrons. The quantitative estimate of drug-likeness (QED) is 0.769. The van der Waals surface area contributed by atoms with Gasteiger partial charge in [0.2, 0.25) is 0 Å². The molecule has 2 aromatic carbocycles. The normalized spacial score (nSPS) is 9.55. The first kappa shape index (κ1) is 15.6. The minimum absolute atomic E-state index is 0.221. The summed E-state index contributed by atoms with van der Waals surface area (Å²) in [6.07, 6.45) is 5.54. The van der Waals surface area contributed by atoms with E-state index in [9.17, 15) is 5.11 Å². The molecule has 0 aliphatic carbocycles. The number of aromatic hydroxyl groups is 1. The maximum Gasteiger partial charge on any atom is 0.116 e. The lowest BCUT2D eigenvalue weighted by molar-refractivity contribution is 0.475. The van der Waals surface area contributed by atoms with E-state index >= 15 is 0 Å². The van der Waals surface area contributed by atoms with E-state index in [4.69, 9.17) is 11.7 Å². The van der Waals surface area contributed by atoms with Gasteiger partial charge in [-0.25, -0.2) is 0 Å². The van der Waals surface area contributed by atoms with Crippen molar-refractivity contribution in [2.75, 3.05) is 0 Å². The lowest BCUT2D eigenvalue weighted by atomic mass is 9.90. The number of phenolic OH excluding ortho intramolecular Hbond substituents is 1. The van der Waals surface area contributed by atoms with Gasteiger partial charge in [0.25, 0.3) is 0 Å². The highest BCUT2D eigenvalue weighted by Crippen LogP contribution is 2.33. The van der Waals surface area contributed by atoms with Crippen molar-refractivity contribution in [3.63, 3.8) is 0 Å². The Kier molecular flexibility index (Phi) is 5.18. The molecule has 0 saturated heterocycles. The zero-order valence-electron chi connectivity index (χ0n) is 12.4. The van der Waals surface area contributed by atoms with E-state index in [1.807, 2.05) is 33.8 Å². The topological polar surface area (TPSA) is 44.0 Å². The van der Waals surface area contributed by atoms with Crippen LogP contribution in [0.4, 0.5) is 0 Å². The molecule has 0 atom stereocenters. The summed E-state index contributed by atoms with van der Waals surface area (Å²) < 4.78 is 0. The molecule has 1 N–H and O–H groups in total.